The van der Waals surface area contributed by atoms with Crippen molar-refractivity contribution in [2.75, 3.05) is 0 Å². The van der Waals surface area contributed by atoms with E-state index in [1.165, 1.54) is 109 Å². The Kier molecular flexibility index (Phi) is 11.6. The average Bonchev–Trinajstić information content (AvgIpc) is 3.41. The van der Waals surface area contributed by atoms with E-state index in [1.807, 2.05) is 0 Å². The van der Waals surface area contributed by atoms with Crippen molar-refractivity contribution in [1.29, 1.82) is 0 Å². The Balaban J connectivity index is 0.000000289. The van der Waals surface area contributed by atoms with E-state index in [2.05, 4.69) is 48.5 Å². The first-order chi connectivity index (χ1) is 18.7. The van der Waals surface area contributed by atoms with Gasteiger partial charge in [0.15, 0.2) is 0 Å². The number of aliphatic carboxylic acids is 1. The van der Waals surface area contributed by atoms with Crippen molar-refractivity contribution in [3.63, 3.8) is 0 Å². The van der Waals surface area contributed by atoms with E-state index in [9.17, 15) is 14.7 Å². The van der Waals surface area contributed by atoms with Gasteiger partial charge in [-0.1, -0.05) is 41.5 Å². The molecule has 4 aliphatic carbocycles. The van der Waals surface area contributed by atoms with Crippen molar-refractivity contribution < 1.29 is 14.7 Å². The third-order valence-corrected chi connectivity index (χ3v) is 15.0. The SMILES string of the molecule is CC(=O)C(C(=O)O)(C1CC2CCC1(C)C2(C)C)C1CC2CCC1(C)C2(C)C.CCCCCCCCCCC[CH2][Na]. The molecule has 4 rings (SSSR count). The van der Waals surface area contributed by atoms with Gasteiger partial charge in [-0.05, 0) is 90.8 Å². The fourth-order valence-corrected chi connectivity index (χ4v) is 11.2. The molecule has 0 saturated heterocycles. The maximum atomic E-state index is 13.4. The summed E-state index contributed by atoms with van der Waals surface area (Å²) in [7, 11) is 0. The number of hydrogen-bond donors (Lipinski definition) is 1. The molecule has 0 spiro atoms. The number of carboxylic acids is 1. The molecule has 0 heterocycles. The summed E-state index contributed by atoms with van der Waals surface area (Å²) in [6.07, 6.45) is 21.1. The summed E-state index contributed by atoms with van der Waals surface area (Å²) in [5, 5.41) is 10.7. The second-order valence-electron chi connectivity index (χ2n) is 16.2. The van der Waals surface area contributed by atoms with Gasteiger partial charge in [0.05, 0.1) is 0 Å². The molecule has 4 aliphatic rings. The second-order valence-corrected chi connectivity index (χ2v) is 17.2. The van der Waals surface area contributed by atoms with Gasteiger partial charge < -0.3 is 5.11 Å². The van der Waals surface area contributed by atoms with Crippen molar-refractivity contribution in [3.05, 3.63) is 0 Å². The maximum absolute atomic E-state index is 13.4. The summed E-state index contributed by atoms with van der Waals surface area (Å²) < 4.78 is 1.51. The van der Waals surface area contributed by atoms with Crippen LogP contribution < -0.4 is 0 Å². The van der Waals surface area contributed by atoms with Crippen LogP contribution in [-0.2, 0) is 9.59 Å². The van der Waals surface area contributed by atoms with Gasteiger partial charge in [0.1, 0.15) is 11.2 Å². The third kappa shape index (κ3) is 5.69. The summed E-state index contributed by atoms with van der Waals surface area (Å²) in [5.41, 5.74) is -1.12. The van der Waals surface area contributed by atoms with Crippen LogP contribution in [0.2, 0.25) is 3.67 Å². The van der Waals surface area contributed by atoms with E-state index in [1.54, 1.807) is 6.92 Å². The first-order valence-electron chi connectivity index (χ1n) is 17.4. The molecule has 4 heteroatoms. The van der Waals surface area contributed by atoms with E-state index in [4.69, 9.17) is 0 Å². The van der Waals surface area contributed by atoms with Crippen LogP contribution in [0.5, 0.6) is 0 Å². The summed E-state index contributed by atoms with van der Waals surface area (Å²) in [5.74, 6) is 0.102. The molecule has 0 aromatic rings. The molecule has 40 heavy (non-hydrogen) atoms. The quantitative estimate of drug-likeness (QED) is 0.129. The average molecular weight is 567 g/mol. The van der Waals surface area contributed by atoms with Gasteiger partial charge in [0, 0.05) is 0 Å². The van der Waals surface area contributed by atoms with Crippen LogP contribution in [0, 0.1) is 50.7 Å². The first-order valence-corrected chi connectivity index (χ1v) is 18.8. The zero-order valence-electron chi connectivity index (χ0n) is 28.1. The van der Waals surface area contributed by atoms with Gasteiger partial charge in [-0.15, -0.1) is 0 Å². The Bertz CT molecular complexity index is 807. The summed E-state index contributed by atoms with van der Waals surface area (Å²) in [6.45, 7) is 17.8. The van der Waals surface area contributed by atoms with Crippen LogP contribution in [0.3, 0.4) is 0 Å². The predicted molar refractivity (Wildman–Crippen MR) is 169 cm³/mol. The molecule has 3 nitrogen and oxygen atoms in total. The monoisotopic (exact) mass is 566 g/mol. The number of rotatable bonds is 14. The number of carbonyl (C=O) groups excluding carboxylic acids is 1. The number of Topliss-reactive ketones (excluding diaryl/α,β-unsaturated/α-hetero) is 1. The number of ketones is 1. The fourth-order valence-electron chi connectivity index (χ4n) is 10.7. The van der Waals surface area contributed by atoms with Gasteiger partial charge in [0.2, 0.25) is 0 Å². The van der Waals surface area contributed by atoms with E-state index in [0.717, 1.165) is 25.7 Å². The van der Waals surface area contributed by atoms with E-state index in [-0.39, 0.29) is 39.3 Å². The van der Waals surface area contributed by atoms with Crippen molar-refractivity contribution >= 4 is 39.7 Å². The Morgan fingerprint density at radius 2 is 1.10 bits per heavy atom. The molecule has 6 atom stereocenters. The molecule has 0 radical (unpaired) electrons. The number of hydrogen-bond acceptors (Lipinski definition) is 2. The van der Waals surface area contributed by atoms with Crippen LogP contribution in [0.15, 0.2) is 0 Å². The Labute approximate surface area is 265 Å². The van der Waals surface area contributed by atoms with E-state index in [0.29, 0.717) is 11.8 Å². The van der Waals surface area contributed by atoms with Crippen molar-refractivity contribution in [1.82, 2.24) is 0 Å². The van der Waals surface area contributed by atoms with Crippen molar-refractivity contribution in [2.45, 2.75) is 162 Å². The predicted octanol–water partition coefficient (Wildman–Crippen LogP) is 10.1. The molecule has 0 aromatic heterocycles. The Hall–Kier alpha value is 0.140. The van der Waals surface area contributed by atoms with Crippen molar-refractivity contribution in [2.24, 2.45) is 50.7 Å². The summed E-state index contributed by atoms with van der Waals surface area (Å²) in [6, 6.07) is 0. The van der Waals surface area contributed by atoms with Crippen LogP contribution in [-0.4, -0.2) is 44.8 Å². The normalized spacial score (nSPS) is 36.2. The minimum absolute atomic E-state index is 0.0364. The standard InChI is InChI=1S/C24H38O3.C12H25.Na/c1-14(25)24(19(26)27,17-12-15-8-10-22(17,6)20(15,2)3)18-13-16-9-11-23(18,7)21(16,4)5;1-3-5-7-9-11-12-10-8-6-4-2;/h15-18H,8-13H2,1-7H3,(H,26,27);1,3-12H2,2H3;. The molecular formula is C36H63NaO3. The zero-order valence-corrected chi connectivity index (χ0v) is 30.1. The molecule has 226 valence electrons. The molecule has 4 saturated carbocycles. The topological polar surface area (TPSA) is 54.4 Å². The second kappa shape index (κ2) is 13.4. The zero-order chi connectivity index (χ0) is 30.0. The van der Waals surface area contributed by atoms with Gasteiger partial charge in [-0.2, -0.15) is 0 Å². The first kappa shape index (κ1) is 34.6. The number of fused-ring (bicyclic) bond motifs is 4. The molecule has 4 fully saturated rings. The van der Waals surface area contributed by atoms with E-state index >= 15 is 0 Å². The Morgan fingerprint density at radius 3 is 1.35 bits per heavy atom. The van der Waals surface area contributed by atoms with Crippen molar-refractivity contribution in [3.8, 4) is 0 Å². The molecule has 6 unspecified atom stereocenters. The van der Waals surface area contributed by atoms with Gasteiger partial charge in [-0.3, -0.25) is 9.59 Å². The molecule has 1 N–H and O–H groups in total. The Morgan fingerprint density at radius 1 is 0.725 bits per heavy atom. The summed E-state index contributed by atoms with van der Waals surface area (Å²) in [4.78, 5) is 26.4. The fraction of sp³-hybridized carbons (Fsp3) is 0.944. The van der Waals surface area contributed by atoms with Gasteiger partial charge in [-0.25, -0.2) is 0 Å². The molecular weight excluding hydrogens is 503 g/mol. The van der Waals surface area contributed by atoms with Crippen LogP contribution in [0.25, 0.3) is 0 Å². The van der Waals surface area contributed by atoms with E-state index < -0.39 is 11.4 Å². The van der Waals surface area contributed by atoms with Crippen LogP contribution in [0.4, 0.5) is 0 Å². The molecule has 4 bridgehead atoms. The molecule has 0 amide bonds. The third-order valence-electron chi connectivity index (χ3n) is 14.3. The summed E-state index contributed by atoms with van der Waals surface area (Å²) >= 11 is 1.41. The molecule has 0 aromatic carbocycles. The number of unbranched alkanes of at least 4 members (excludes halogenated alkanes) is 9. The van der Waals surface area contributed by atoms with Gasteiger partial charge >= 0.3 is 109 Å². The number of carbonyl (C=O) groups is 2. The number of carboxylic acid groups (broad SMARTS) is 1. The minimum atomic E-state index is -1.22. The molecule has 0 aliphatic heterocycles. The van der Waals surface area contributed by atoms with Gasteiger partial charge in [0.25, 0.3) is 0 Å². The van der Waals surface area contributed by atoms with Crippen LogP contribution in [0.1, 0.15) is 158 Å². The van der Waals surface area contributed by atoms with Crippen LogP contribution >= 0.6 is 0 Å².